The van der Waals surface area contributed by atoms with Gasteiger partial charge in [-0.2, -0.15) is 0 Å². The van der Waals surface area contributed by atoms with E-state index in [0.29, 0.717) is 0 Å². The number of hydrogen-bond donors (Lipinski definition) is 1. The Kier molecular flexibility index (Phi) is 1.46. The molecular weight excluding hydrogens is 136 g/mol. The van der Waals surface area contributed by atoms with Crippen molar-refractivity contribution in [3.63, 3.8) is 0 Å². The summed E-state index contributed by atoms with van der Waals surface area (Å²) in [6.45, 7) is 5.73. The van der Waals surface area contributed by atoms with Crippen LogP contribution in [0.4, 0.5) is 0 Å². The summed E-state index contributed by atoms with van der Waals surface area (Å²) in [6, 6.07) is 1.68. The molecule has 0 aromatic rings. The summed E-state index contributed by atoms with van der Waals surface area (Å²) >= 11 is 0. The molecule has 2 heteroatoms. The van der Waals surface area contributed by atoms with Crippen LogP contribution in [0, 0.1) is 5.92 Å². The fraction of sp³-hybridized carbons (Fsp3) is 0.778. The van der Waals surface area contributed by atoms with Crippen molar-refractivity contribution in [2.45, 2.75) is 32.4 Å². The van der Waals surface area contributed by atoms with Crippen LogP contribution in [-0.4, -0.2) is 23.5 Å². The molecule has 1 saturated carbocycles. The highest BCUT2D eigenvalue weighted by Gasteiger charge is 2.49. The maximum absolute atomic E-state index is 5.45. The first kappa shape index (κ1) is 7.17. The predicted octanol–water partition coefficient (Wildman–Crippen LogP) is 0.942. The van der Waals surface area contributed by atoms with E-state index in [1.807, 2.05) is 0 Å². The molecule has 4 unspecified atom stereocenters. The molecule has 1 heterocycles. The monoisotopic (exact) mass is 152 g/mol. The van der Waals surface area contributed by atoms with Crippen molar-refractivity contribution >= 4 is 0 Å². The number of nitrogens with two attached hydrogens (primary N) is 1. The Morgan fingerprint density at radius 1 is 1.64 bits per heavy atom. The van der Waals surface area contributed by atoms with Gasteiger partial charge in [0.2, 0.25) is 0 Å². The summed E-state index contributed by atoms with van der Waals surface area (Å²) < 4.78 is 0. The van der Waals surface area contributed by atoms with Crippen molar-refractivity contribution in [1.82, 2.24) is 4.90 Å². The smallest absolute Gasteiger partial charge is 0.0198 e. The molecule has 2 nitrogen and oxygen atoms in total. The fourth-order valence-corrected chi connectivity index (χ4v) is 1.88. The third-order valence-electron chi connectivity index (χ3n) is 2.94. The van der Waals surface area contributed by atoms with Gasteiger partial charge in [-0.25, -0.2) is 0 Å². The Morgan fingerprint density at radius 3 is 2.73 bits per heavy atom. The zero-order valence-corrected chi connectivity index (χ0v) is 7.25. The number of rotatable bonds is 2. The van der Waals surface area contributed by atoms with Gasteiger partial charge in [0, 0.05) is 18.6 Å². The second-order valence-electron chi connectivity index (χ2n) is 3.87. The number of hydrogen-bond acceptors (Lipinski definition) is 2. The third kappa shape index (κ3) is 1.16. The molecule has 2 N–H and O–H groups in total. The van der Waals surface area contributed by atoms with Gasteiger partial charge in [0.15, 0.2) is 0 Å². The molecule has 2 rings (SSSR count). The van der Waals surface area contributed by atoms with E-state index in [2.05, 4.69) is 18.7 Å². The van der Waals surface area contributed by atoms with Crippen molar-refractivity contribution < 1.29 is 0 Å². The molecule has 1 saturated heterocycles. The molecule has 1 aliphatic heterocycles. The van der Waals surface area contributed by atoms with Crippen LogP contribution in [0.15, 0.2) is 11.8 Å². The van der Waals surface area contributed by atoms with E-state index in [1.165, 1.54) is 18.5 Å². The molecule has 4 atom stereocenters. The third-order valence-corrected chi connectivity index (χ3v) is 2.94. The first-order valence-corrected chi connectivity index (χ1v) is 4.38. The van der Waals surface area contributed by atoms with E-state index < -0.39 is 0 Å². The lowest BCUT2D eigenvalue weighted by Gasteiger charge is -1.99. The van der Waals surface area contributed by atoms with Crippen LogP contribution in [0.3, 0.4) is 0 Å². The predicted molar refractivity (Wildman–Crippen MR) is 46.0 cm³/mol. The van der Waals surface area contributed by atoms with E-state index in [0.717, 1.165) is 18.0 Å². The summed E-state index contributed by atoms with van der Waals surface area (Å²) in [5, 5.41) is 0. The lowest BCUT2D eigenvalue weighted by atomic mass is 10.2. The van der Waals surface area contributed by atoms with E-state index in [-0.39, 0.29) is 0 Å². The van der Waals surface area contributed by atoms with Gasteiger partial charge in [0.25, 0.3) is 0 Å². The Bertz CT molecular complexity index is 198. The van der Waals surface area contributed by atoms with Gasteiger partial charge >= 0.3 is 0 Å². The van der Waals surface area contributed by atoms with Crippen molar-refractivity contribution in [2.24, 2.45) is 11.7 Å². The minimum atomic E-state index is 0.782. The Morgan fingerprint density at radius 2 is 2.27 bits per heavy atom. The average molecular weight is 152 g/mol. The maximum Gasteiger partial charge on any atom is 0.0198 e. The van der Waals surface area contributed by atoms with Crippen LogP contribution in [0.2, 0.25) is 0 Å². The van der Waals surface area contributed by atoms with Crippen LogP contribution < -0.4 is 5.73 Å². The first-order valence-electron chi connectivity index (χ1n) is 4.38. The highest BCUT2D eigenvalue weighted by atomic mass is 15.3. The van der Waals surface area contributed by atoms with E-state index in [1.54, 1.807) is 6.20 Å². The molecule has 0 aromatic carbocycles. The van der Waals surface area contributed by atoms with Crippen LogP contribution in [0.5, 0.6) is 0 Å². The normalized spacial score (nSPS) is 49.1. The average Bonchev–Trinajstić information content (AvgIpc) is 2.81. The highest BCUT2D eigenvalue weighted by molar-refractivity contribution is 5.18. The molecule has 0 bridgehead atoms. The van der Waals surface area contributed by atoms with Crippen LogP contribution in [-0.2, 0) is 0 Å². The lowest BCUT2D eigenvalue weighted by molar-refractivity contribution is 0.490. The first-order chi connectivity index (χ1) is 5.24. The Labute approximate surface area is 68.1 Å². The molecular formula is C9H16N2. The van der Waals surface area contributed by atoms with Crippen LogP contribution in [0.1, 0.15) is 20.3 Å². The molecule has 0 aromatic heterocycles. The summed E-state index contributed by atoms with van der Waals surface area (Å²) in [7, 11) is 0. The molecule has 11 heavy (non-hydrogen) atoms. The fourth-order valence-electron chi connectivity index (χ4n) is 1.88. The molecule has 2 fully saturated rings. The second kappa shape index (κ2) is 2.24. The topological polar surface area (TPSA) is 29.0 Å². The standard InChI is InChI=1S/C9H16N2/c1-6(4-10)8-3-9(8)11-5-7(11)2/h4,7-9H,3,5,10H2,1-2H3/b6-4+. The van der Waals surface area contributed by atoms with Gasteiger partial charge in [-0.1, -0.05) is 5.57 Å². The van der Waals surface area contributed by atoms with Gasteiger partial charge in [-0.05, 0) is 32.4 Å². The second-order valence-corrected chi connectivity index (χ2v) is 3.87. The van der Waals surface area contributed by atoms with Gasteiger partial charge in [0.05, 0.1) is 0 Å². The van der Waals surface area contributed by atoms with E-state index in [9.17, 15) is 0 Å². The van der Waals surface area contributed by atoms with Crippen LogP contribution >= 0.6 is 0 Å². The molecule has 62 valence electrons. The summed E-state index contributed by atoms with van der Waals surface area (Å²) in [6.07, 6.45) is 3.10. The quantitative estimate of drug-likeness (QED) is 0.597. The largest absolute Gasteiger partial charge is 0.405 e. The van der Waals surface area contributed by atoms with Crippen molar-refractivity contribution in [3.8, 4) is 0 Å². The summed E-state index contributed by atoms with van der Waals surface area (Å²) in [5.74, 6) is 0.782. The number of nitrogens with zero attached hydrogens (tertiary/aromatic N) is 1. The minimum Gasteiger partial charge on any atom is -0.405 e. The zero-order valence-electron chi connectivity index (χ0n) is 7.25. The van der Waals surface area contributed by atoms with Gasteiger partial charge in [-0.15, -0.1) is 0 Å². The van der Waals surface area contributed by atoms with Crippen molar-refractivity contribution in [1.29, 1.82) is 0 Å². The molecule has 1 aliphatic carbocycles. The molecule has 0 amide bonds. The molecule has 2 aliphatic rings. The molecule has 0 radical (unpaired) electrons. The summed E-state index contributed by atoms with van der Waals surface area (Å²) in [5.41, 5.74) is 6.82. The van der Waals surface area contributed by atoms with E-state index >= 15 is 0 Å². The zero-order chi connectivity index (χ0) is 8.01. The van der Waals surface area contributed by atoms with Gasteiger partial charge in [0.1, 0.15) is 0 Å². The van der Waals surface area contributed by atoms with Crippen molar-refractivity contribution in [3.05, 3.63) is 11.8 Å². The molecule has 0 spiro atoms. The van der Waals surface area contributed by atoms with Gasteiger partial charge < -0.3 is 5.73 Å². The highest BCUT2D eigenvalue weighted by Crippen LogP contribution is 2.45. The summed E-state index contributed by atoms with van der Waals surface area (Å²) in [4.78, 5) is 2.55. The SMILES string of the molecule is C/C(=C\N)C1CC1N1CC1C. The lowest BCUT2D eigenvalue weighted by Crippen LogP contribution is -2.06. The van der Waals surface area contributed by atoms with Crippen molar-refractivity contribution in [2.75, 3.05) is 6.54 Å². The minimum absolute atomic E-state index is 0.782. The van der Waals surface area contributed by atoms with Crippen LogP contribution in [0.25, 0.3) is 0 Å². The Balaban J connectivity index is 1.86. The Hall–Kier alpha value is -0.500. The van der Waals surface area contributed by atoms with Gasteiger partial charge in [-0.3, -0.25) is 4.90 Å². The maximum atomic E-state index is 5.45. The van der Waals surface area contributed by atoms with E-state index in [4.69, 9.17) is 5.73 Å².